The number of hydrogen-bond acceptors (Lipinski definition) is 4. The average Bonchev–Trinajstić information content (AvgIpc) is 2.60. The minimum atomic E-state index is -0.203. The van der Waals surface area contributed by atoms with E-state index >= 15 is 0 Å². The number of nitrogens with one attached hydrogen (secondary N) is 1. The summed E-state index contributed by atoms with van der Waals surface area (Å²) >= 11 is 0. The van der Waals surface area contributed by atoms with Gasteiger partial charge in [-0.25, -0.2) is 0 Å². The summed E-state index contributed by atoms with van der Waals surface area (Å²) < 4.78 is 11.0. The molecular formula is C18H18N2O3. The third kappa shape index (κ3) is 3.83. The first-order chi connectivity index (χ1) is 11.2. The molecule has 118 valence electrons. The summed E-state index contributed by atoms with van der Waals surface area (Å²) in [7, 11) is 1.80. The summed E-state index contributed by atoms with van der Waals surface area (Å²) in [6.45, 7) is 1.11. The Hall–Kier alpha value is -2.95. The number of para-hydroxylation sites is 1. The standard InChI is InChI=1S/C18H18N2O3/c1-20(15-5-3-2-4-6-15)19-18(21)10-8-14-7-9-16-17(13-14)23-12-11-22-16/h2-10,13H,11-12H2,1H3,(H,19,21)/b10-8+. The number of fused-ring (bicyclic) bond motifs is 1. The predicted octanol–water partition coefficient (Wildman–Crippen LogP) is 2.64. The molecule has 0 radical (unpaired) electrons. The molecule has 0 fully saturated rings. The molecule has 0 aromatic heterocycles. The van der Waals surface area contributed by atoms with Crippen molar-refractivity contribution < 1.29 is 14.3 Å². The predicted molar refractivity (Wildman–Crippen MR) is 89.5 cm³/mol. The Kier molecular flexibility index (Phi) is 4.47. The van der Waals surface area contributed by atoms with Crippen LogP contribution in [0.5, 0.6) is 11.5 Å². The summed E-state index contributed by atoms with van der Waals surface area (Å²) in [5, 5.41) is 1.68. The lowest BCUT2D eigenvalue weighted by atomic mass is 10.2. The second kappa shape index (κ2) is 6.87. The first-order valence-corrected chi connectivity index (χ1v) is 7.39. The van der Waals surface area contributed by atoms with E-state index in [0.29, 0.717) is 19.0 Å². The summed E-state index contributed by atoms with van der Waals surface area (Å²) in [6.07, 6.45) is 3.23. The fourth-order valence-corrected chi connectivity index (χ4v) is 2.25. The van der Waals surface area contributed by atoms with Crippen LogP contribution in [0.15, 0.2) is 54.6 Å². The number of ether oxygens (including phenoxy) is 2. The van der Waals surface area contributed by atoms with Crippen LogP contribution in [0.2, 0.25) is 0 Å². The third-order valence-electron chi connectivity index (χ3n) is 3.41. The lowest BCUT2D eigenvalue weighted by molar-refractivity contribution is -0.116. The zero-order valence-corrected chi connectivity index (χ0v) is 12.9. The minimum Gasteiger partial charge on any atom is -0.486 e. The largest absolute Gasteiger partial charge is 0.486 e. The van der Waals surface area contributed by atoms with Crippen LogP contribution in [0.3, 0.4) is 0 Å². The molecule has 1 aliphatic rings. The van der Waals surface area contributed by atoms with E-state index < -0.39 is 0 Å². The zero-order chi connectivity index (χ0) is 16.1. The van der Waals surface area contributed by atoms with Crippen molar-refractivity contribution in [2.45, 2.75) is 0 Å². The zero-order valence-electron chi connectivity index (χ0n) is 12.9. The summed E-state index contributed by atoms with van der Waals surface area (Å²) in [6, 6.07) is 15.2. The van der Waals surface area contributed by atoms with Crippen LogP contribution in [-0.2, 0) is 4.79 Å². The van der Waals surface area contributed by atoms with Gasteiger partial charge in [0.25, 0.3) is 5.91 Å². The van der Waals surface area contributed by atoms with E-state index in [9.17, 15) is 4.79 Å². The Bertz CT molecular complexity index is 713. The van der Waals surface area contributed by atoms with E-state index in [4.69, 9.17) is 9.47 Å². The highest BCUT2D eigenvalue weighted by Crippen LogP contribution is 2.31. The number of benzene rings is 2. The van der Waals surface area contributed by atoms with Crippen LogP contribution in [0.1, 0.15) is 5.56 Å². The van der Waals surface area contributed by atoms with E-state index in [1.54, 1.807) is 18.1 Å². The molecule has 0 unspecified atom stereocenters. The minimum absolute atomic E-state index is 0.203. The number of carbonyl (C=O) groups excluding carboxylic acids is 1. The Balaban J connectivity index is 1.62. The molecule has 0 bridgehead atoms. The number of hydrazine groups is 1. The molecule has 1 N–H and O–H groups in total. The van der Waals surface area contributed by atoms with E-state index in [0.717, 1.165) is 17.0 Å². The maximum absolute atomic E-state index is 12.0. The second-order valence-corrected chi connectivity index (χ2v) is 5.11. The molecule has 5 nitrogen and oxygen atoms in total. The van der Waals surface area contributed by atoms with Crippen LogP contribution in [0, 0.1) is 0 Å². The quantitative estimate of drug-likeness (QED) is 0.697. The van der Waals surface area contributed by atoms with Gasteiger partial charge in [-0.15, -0.1) is 0 Å². The molecule has 0 saturated heterocycles. The van der Waals surface area contributed by atoms with Crippen molar-refractivity contribution in [1.82, 2.24) is 5.43 Å². The molecular weight excluding hydrogens is 292 g/mol. The van der Waals surface area contributed by atoms with Crippen LogP contribution in [0.25, 0.3) is 6.08 Å². The van der Waals surface area contributed by atoms with E-state index in [1.165, 1.54) is 6.08 Å². The topological polar surface area (TPSA) is 50.8 Å². The van der Waals surface area contributed by atoms with Gasteiger partial charge in [0.05, 0.1) is 5.69 Å². The van der Waals surface area contributed by atoms with Gasteiger partial charge in [-0.3, -0.25) is 15.2 Å². The highest BCUT2D eigenvalue weighted by Gasteiger charge is 2.10. The van der Waals surface area contributed by atoms with Crippen molar-refractivity contribution >= 4 is 17.7 Å². The fourth-order valence-electron chi connectivity index (χ4n) is 2.25. The molecule has 0 spiro atoms. The summed E-state index contributed by atoms with van der Waals surface area (Å²) in [5.74, 6) is 1.24. The number of amides is 1. The van der Waals surface area contributed by atoms with Gasteiger partial charge in [0.1, 0.15) is 13.2 Å². The molecule has 5 heteroatoms. The molecule has 0 saturated carbocycles. The third-order valence-corrected chi connectivity index (χ3v) is 3.41. The Morgan fingerprint density at radius 1 is 1.09 bits per heavy atom. The Labute approximate surface area is 135 Å². The molecule has 1 aliphatic heterocycles. The van der Waals surface area contributed by atoms with Crippen molar-refractivity contribution in [2.75, 3.05) is 25.3 Å². The molecule has 1 amide bonds. The van der Waals surface area contributed by atoms with E-state index in [-0.39, 0.29) is 5.91 Å². The van der Waals surface area contributed by atoms with Gasteiger partial charge in [-0.05, 0) is 35.9 Å². The SMILES string of the molecule is CN(NC(=O)/C=C/c1ccc2c(c1)OCCO2)c1ccccc1. The molecule has 0 atom stereocenters. The second-order valence-electron chi connectivity index (χ2n) is 5.11. The Morgan fingerprint density at radius 2 is 1.83 bits per heavy atom. The van der Waals surface area contributed by atoms with E-state index in [2.05, 4.69) is 5.43 Å². The number of nitrogens with zero attached hydrogens (tertiary/aromatic N) is 1. The Morgan fingerprint density at radius 3 is 2.61 bits per heavy atom. The first-order valence-electron chi connectivity index (χ1n) is 7.39. The molecule has 23 heavy (non-hydrogen) atoms. The number of carbonyl (C=O) groups is 1. The average molecular weight is 310 g/mol. The van der Waals surface area contributed by atoms with Gasteiger partial charge in [0.2, 0.25) is 0 Å². The molecule has 2 aromatic rings. The van der Waals surface area contributed by atoms with Gasteiger partial charge < -0.3 is 9.47 Å². The first kappa shape index (κ1) is 15.0. The highest BCUT2D eigenvalue weighted by atomic mass is 16.6. The van der Waals surface area contributed by atoms with Crippen molar-refractivity contribution in [1.29, 1.82) is 0 Å². The smallest absolute Gasteiger partial charge is 0.262 e. The molecule has 2 aromatic carbocycles. The van der Waals surface area contributed by atoms with Crippen LogP contribution in [-0.4, -0.2) is 26.2 Å². The van der Waals surface area contributed by atoms with Crippen molar-refractivity contribution in [3.63, 3.8) is 0 Å². The van der Waals surface area contributed by atoms with Crippen LogP contribution < -0.4 is 19.9 Å². The van der Waals surface area contributed by atoms with Gasteiger partial charge in [0, 0.05) is 13.1 Å². The van der Waals surface area contributed by atoms with Crippen LogP contribution in [0.4, 0.5) is 5.69 Å². The molecule has 1 heterocycles. The number of hydrogen-bond donors (Lipinski definition) is 1. The lowest BCUT2D eigenvalue weighted by Crippen LogP contribution is -2.38. The number of rotatable bonds is 4. The highest BCUT2D eigenvalue weighted by molar-refractivity contribution is 5.92. The lowest BCUT2D eigenvalue weighted by Gasteiger charge is -2.19. The van der Waals surface area contributed by atoms with Crippen molar-refractivity contribution in [3.8, 4) is 11.5 Å². The van der Waals surface area contributed by atoms with E-state index in [1.807, 2.05) is 48.5 Å². The van der Waals surface area contributed by atoms with Gasteiger partial charge in [-0.2, -0.15) is 0 Å². The normalized spacial score (nSPS) is 12.9. The molecule has 0 aliphatic carbocycles. The maximum Gasteiger partial charge on any atom is 0.262 e. The maximum atomic E-state index is 12.0. The molecule has 3 rings (SSSR count). The fraction of sp³-hybridized carbons (Fsp3) is 0.167. The summed E-state index contributed by atoms with van der Waals surface area (Å²) in [5.41, 5.74) is 4.57. The van der Waals surface area contributed by atoms with Crippen LogP contribution >= 0.6 is 0 Å². The van der Waals surface area contributed by atoms with Gasteiger partial charge in [0.15, 0.2) is 11.5 Å². The van der Waals surface area contributed by atoms with Gasteiger partial charge in [-0.1, -0.05) is 24.3 Å². The van der Waals surface area contributed by atoms with Crippen molar-refractivity contribution in [3.05, 3.63) is 60.2 Å². The van der Waals surface area contributed by atoms with Gasteiger partial charge >= 0.3 is 0 Å². The summed E-state index contributed by atoms with van der Waals surface area (Å²) in [4.78, 5) is 12.0. The monoisotopic (exact) mass is 310 g/mol. The number of anilines is 1. The van der Waals surface area contributed by atoms with Crippen molar-refractivity contribution in [2.24, 2.45) is 0 Å².